The van der Waals surface area contributed by atoms with Crippen molar-refractivity contribution in [3.8, 4) is 5.75 Å². The molecule has 0 aromatic heterocycles. The summed E-state index contributed by atoms with van der Waals surface area (Å²) in [5, 5.41) is 12.2. The second-order valence-corrected chi connectivity index (χ2v) is 8.25. The number of anilines is 1. The monoisotopic (exact) mass is 370 g/mol. The van der Waals surface area contributed by atoms with E-state index in [1.165, 1.54) is 24.1 Å². The largest absolute Gasteiger partial charge is 0.506 e. The van der Waals surface area contributed by atoms with Gasteiger partial charge >= 0.3 is 11.8 Å². The van der Waals surface area contributed by atoms with Crippen LogP contribution >= 0.6 is 0 Å². The third kappa shape index (κ3) is 4.93. The SMILES string of the molecule is COCCN(C(=O)C(=O)Nc1ccc(C)cc1O)C1CCS(=O)(=O)C1. The zero-order chi connectivity index (χ0) is 18.6. The Hall–Kier alpha value is -2.13. The molecule has 0 spiro atoms. The number of phenolic OH excluding ortho intramolecular Hbond substituents is 1. The topological polar surface area (TPSA) is 113 Å². The quantitative estimate of drug-likeness (QED) is 0.569. The Labute approximate surface area is 146 Å². The van der Waals surface area contributed by atoms with Gasteiger partial charge < -0.3 is 20.1 Å². The molecule has 0 saturated carbocycles. The molecule has 1 heterocycles. The second kappa shape index (κ2) is 7.83. The van der Waals surface area contributed by atoms with Gasteiger partial charge in [-0.25, -0.2) is 8.42 Å². The van der Waals surface area contributed by atoms with Crippen LogP contribution < -0.4 is 5.32 Å². The molecule has 1 unspecified atom stereocenters. The van der Waals surface area contributed by atoms with Gasteiger partial charge in [0, 0.05) is 19.7 Å². The van der Waals surface area contributed by atoms with Crippen molar-refractivity contribution in [3.05, 3.63) is 23.8 Å². The number of carbonyl (C=O) groups excluding carboxylic acids is 2. The zero-order valence-electron chi connectivity index (χ0n) is 14.2. The Balaban J connectivity index is 2.13. The van der Waals surface area contributed by atoms with Crippen LogP contribution in [0.25, 0.3) is 0 Å². The van der Waals surface area contributed by atoms with E-state index in [0.717, 1.165) is 5.56 Å². The minimum atomic E-state index is -3.20. The highest BCUT2D eigenvalue weighted by atomic mass is 32.2. The fraction of sp³-hybridized carbons (Fsp3) is 0.500. The van der Waals surface area contributed by atoms with Gasteiger partial charge in [0.2, 0.25) is 0 Å². The van der Waals surface area contributed by atoms with Crippen LogP contribution in [0.3, 0.4) is 0 Å². The highest BCUT2D eigenvalue weighted by molar-refractivity contribution is 7.91. The Morgan fingerprint density at radius 1 is 1.40 bits per heavy atom. The maximum atomic E-state index is 12.5. The van der Waals surface area contributed by atoms with Crippen LogP contribution in [-0.4, -0.2) is 68.0 Å². The van der Waals surface area contributed by atoms with Gasteiger partial charge in [0.25, 0.3) is 0 Å². The van der Waals surface area contributed by atoms with E-state index in [1.807, 2.05) is 0 Å². The number of carbonyl (C=O) groups is 2. The molecule has 1 saturated heterocycles. The van der Waals surface area contributed by atoms with Gasteiger partial charge in [-0.3, -0.25) is 9.59 Å². The Bertz CT molecular complexity index is 762. The normalized spacial score (nSPS) is 18.7. The molecule has 2 N–H and O–H groups in total. The lowest BCUT2D eigenvalue weighted by Crippen LogP contribution is -2.47. The summed E-state index contributed by atoms with van der Waals surface area (Å²) in [5.41, 5.74) is 0.925. The minimum Gasteiger partial charge on any atom is -0.506 e. The van der Waals surface area contributed by atoms with E-state index in [0.29, 0.717) is 6.42 Å². The van der Waals surface area contributed by atoms with Crippen LogP contribution in [0.2, 0.25) is 0 Å². The molecule has 1 aliphatic heterocycles. The van der Waals surface area contributed by atoms with E-state index >= 15 is 0 Å². The predicted octanol–water partition coefficient (Wildman–Crippen LogP) is 0.301. The van der Waals surface area contributed by atoms with E-state index in [9.17, 15) is 23.1 Å². The van der Waals surface area contributed by atoms with Crippen LogP contribution in [-0.2, 0) is 24.2 Å². The van der Waals surface area contributed by atoms with E-state index in [2.05, 4.69) is 5.32 Å². The number of sulfone groups is 1. The zero-order valence-corrected chi connectivity index (χ0v) is 15.0. The number of aromatic hydroxyl groups is 1. The molecule has 9 heteroatoms. The first-order valence-corrected chi connectivity index (χ1v) is 9.66. The summed E-state index contributed by atoms with van der Waals surface area (Å²) < 4.78 is 28.3. The first kappa shape index (κ1) is 19.2. The first-order chi connectivity index (χ1) is 11.7. The Kier molecular flexibility index (Phi) is 6.02. The number of phenols is 1. The summed E-state index contributed by atoms with van der Waals surface area (Å²) in [4.78, 5) is 26.0. The van der Waals surface area contributed by atoms with Gasteiger partial charge in [-0.05, 0) is 31.0 Å². The third-order valence-electron chi connectivity index (χ3n) is 4.04. The van der Waals surface area contributed by atoms with Crippen molar-refractivity contribution in [2.24, 2.45) is 0 Å². The molecule has 0 bridgehead atoms. The number of benzene rings is 1. The smallest absolute Gasteiger partial charge is 0.314 e. The first-order valence-electron chi connectivity index (χ1n) is 7.84. The summed E-state index contributed by atoms with van der Waals surface area (Å²) in [6.45, 7) is 2.08. The van der Waals surface area contributed by atoms with Gasteiger partial charge in [-0.2, -0.15) is 0 Å². The predicted molar refractivity (Wildman–Crippen MR) is 92.1 cm³/mol. The highest BCUT2D eigenvalue weighted by Crippen LogP contribution is 2.24. The highest BCUT2D eigenvalue weighted by Gasteiger charge is 2.36. The molecule has 138 valence electrons. The van der Waals surface area contributed by atoms with Crippen molar-refractivity contribution < 1.29 is 27.9 Å². The number of nitrogens with one attached hydrogen (secondary N) is 1. The molecule has 1 aromatic carbocycles. The van der Waals surface area contributed by atoms with Crippen molar-refractivity contribution in [3.63, 3.8) is 0 Å². The molecule has 2 amide bonds. The fourth-order valence-corrected chi connectivity index (χ4v) is 4.45. The van der Waals surface area contributed by atoms with Crippen LogP contribution in [0, 0.1) is 6.92 Å². The molecular weight excluding hydrogens is 348 g/mol. The summed E-state index contributed by atoms with van der Waals surface area (Å²) in [6, 6.07) is 4.10. The molecule has 1 fully saturated rings. The average Bonchev–Trinajstić information content (AvgIpc) is 2.90. The number of hydrogen-bond acceptors (Lipinski definition) is 6. The second-order valence-electron chi connectivity index (χ2n) is 6.02. The van der Waals surface area contributed by atoms with Crippen molar-refractivity contribution in [2.75, 3.05) is 37.1 Å². The van der Waals surface area contributed by atoms with Crippen molar-refractivity contribution in [1.82, 2.24) is 4.90 Å². The summed E-state index contributed by atoms with van der Waals surface area (Å²) in [5.74, 6) is -2.09. The van der Waals surface area contributed by atoms with Gasteiger partial charge in [-0.1, -0.05) is 6.07 Å². The molecule has 1 aliphatic rings. The van der Waals surface area contributed by atoms with Crippen LogP contribution in [0.15, 0.2) is 18.2 Å². The lowest BCUT2D eigenvalue weighted by molar-refractivity contribution is -0.145. The molecule has 0 radical (unpaired) electrons. The lowest BCUT2D eigenvalue weighted by Gasteiger charge is -2.27. The Morgan fingerprint density at radius 3 is 2.68 bits per heavy atom. The molecule has 25 heavy (non-hydrogen) atoms. The van der Waals surface area contributed by atoms with E-state index in [4.69, 9.17) is 4.74 Å². The number of aryl methyl sites for hydroxylation is 1. The van der Waals surface area contributed by atoms with Crippen molar-refractivity contribution in [2.45, 2.75) is 19.4 Å². The van der Waals surface area contributed by atoms with Crippen LogP contribution in [0.4, 0.5) is 5.69 Å². The average molecular weight is 370 g/mol. The minimum absolute atomic E-state index is 0.00516. The number of nitrogens with zero attached hydrogens (tertiary/aromatic N) is 1. The van der Waals surface area contributed by atoms with E-state index in [1.54, 1.807) is 13.0 Å². The van der Waals surface area contributed by atoms with Gasteiger partial charge in [0.05, 0.1) is 23.8 Å². The Morgan fingerprint density at radius 2 is 2.12 bits per heavy atom. The molecular formula is C16H22N2O6S. The standard InChI is InChI=1S/C16H22N2O6S/c1-11-3-4-13(14(19)9-11)17-15(20)16(21)18(6-7-24-2)12-5-8-25(22,23)10-12/h3-4,9,12,19H,5-8,10H2,1-2H3,(H,17,20). The fourth-order valence-electron chi connectivity index (χ4n) is 2.71. The number of rotatable bonds is 5. The van der Waals surface area contributed by atoms with Crippen LogP contribution in [0.1, 0.15) is 12.0 Å². The molecule has 8 nitrogen and oxygen atoms in total. The van der Waals surface area contributed by atoms with Crippen molar-refractivity contribution in [1.29, 1.82) is 0 Å². The number of ether oxygens (including phenoxy) is 1. The van der Waals surface area contributed by atoms with E-state index < -0.39 is 27.7 Å². The molecule has 0 aliphatic carbocycles. The maximum absolute atomic E-state index is 12.5. The number of hydrogen-bond donors (Lipinski definition) is 2. The number of amides is 2. The maximum Gasteiger partial charge on any atom is 0.314 e. The van der Waals surface area contributed by atoms with E-state index in [-0.39, 0.29) is 36.1 Å². The third-order valence-corrected chi connectivity index (χ3v) is 5.79. The molecule has 1 aromatic rings. The summed E-state index contributed by atoms with van der Waals surface area (Å²) in [6.07, 6.45) is 0.293. The van der Waals surface area contributed by atoms with Crippen molar-refractivity contribution >= 4 is 27.3 Å². The number of methoxy groups -OCH3 is 1. The summed E-state index contributed by atoms with van der Waals surface area (Å²) >= 11 is 0. The van der Waals surface area contributed by atoms with Gasteiger partial charge in [0.15, 0.2) is 9.84 Å². The lowest BCUT2D eigenvalue weighted by atomic mass is 10.2. The molecule has 2 rings (SSSR count). The van der Waals surface area contributed by atoms with Gasteiger partial charge in [0.1, 0.15) is 5.75 Å². The summed E-state index contributed by atoms with van der Waals surface area (Å²) in [7, 11) is -1.74. The van der Waals surface area contributed by atoms with Gasteiger partial charge in [-0.15, -0.1) is 0 Å². The van der Waals surface area contributed by atoms with Crippen LogP contribution in [0.5, 0.6) is 5.75 Å². The molecule has 1 atom stereocenters.